The summed E-state index contributed by atoms with van der Waals surface area (Å²) in [5.41, 5.74) is 2.04. The number of nitrogens with one attached hydrogen (secondary N) is 3. The summed E-state index contributed by atoms with van der Waals surface area (Å²) in [6.45, 7) is 5.86. The molecule has 11 nitrogen and oxygen atoms in total. The number of hydrogen-bond acceptors (Lipinski definition) is 9. The van der Waals surface area contributed by atoms with Crippen LogP contribution in [0.3, 0.4) is 0 Å². The average molecular weight is 550 g/mol. The number of amides is 1. The van der Waals surface area contributed by atoms with Crippen LogP contribution in [-0.4, -0.2) is 74.9 Å². The Kier molecular flexibility index (Phi) is 8.52. The molecule has 3 N–H and O–H groups in total. The van der Waals surface area contributed by atoms with Gasteiger partial charge < -0.3 is 20.7 Å². The molecule has 0 aliphatic carbocycles. The van der Waals surface area contributed by atoms with E-state index in [9.17, 15) is 13.6 Å². The molecule has 1 fully saturated rings. The van der Waals surface area contributed by atoms with E-state index in [-0.39, 0.29) is 11.1 Å². The predicted molar refractivity (Wildman–Crippen MR) is 146 cm³/mol. The number of aromatic nitrogens is 5. The number of hydrogen-bond donors (Lipinski definition) is 3. The summed E-state index contributed by atoms with van der Waals surface area (Å²) in [7, 11) is 0. The summed E-state index contributed by atoms with van der Waals surface area (Å²) in [6, 6.07) is 10.7. The second kappa shape index (κ2) is 12.6. The highest BCUT2D eigenvalue weighted by Gasteiger charge is 2.14. The number of morpholine rings is 1. The zero-order valence-corrected chi connectivity index (χ0v) is 21.9. The number of benzene rings is 2. The van der Waals surface area contributed by atoms with Crippen LogP contribution in [-0.2, 0) is 11.4 Å². The number of ether oxygens (including phenoxy) is 1. The lowest BCUT2D eigenvalue weighted by Crippen LogP contribution is -2.39. The molecule has 4 aromatic rings. The first-order chi connectivity index (χ1) is 19.5. The van der Waals surface area contributed by atoms with Gasteiger partial charge in [-0.05, 0) is 42.8 Å². The van der Waals surface area contributed by atoms with E-state index in [1.807, 2.05) is 13.0 Å². The maximum absolute atomic E-state index is 13.6. The number of carbonyl (C=O) groups excluding carboxylic acids is 1. The molecule has 1 aliphatic rings. The van der Waals surface area contributed by atoms with Gasteiger partial charge >= 0.3 is 0 Å². The molecular weight excluding hydrogens is 520 g/mol. The molecule has 1 amide bonds. The van der Waals surface area contributed by atoms with Crippen LogP contribution in [0, 0.1) is 12.7 Å². The van der Waals surface area contributed by atoms with Crippen molar-refractivity contribution in [2.24, 2.45) is 0 Å². The molecule has 0 saturated carbocycles. The van der Waals surface area contributed by atoms with E-state index >= 15 is 0 Å². The summed E-state index contributed by atoms with van der Waals surface area (Å²) >= 11 is 0. The second-order valence-corrected chi connectivity index (χ2v) is 9.19. The minimum Gasteiger partial charge on any atom is -0.379 e. The van der Waals surface area contributed by atoms with E-state index in [1.165, 1.54) is 24.8 Å². The van der Waals surface area contributed by atoms with Gasteiger partial charge in [-0.1, -0.05) is 6.07 Å². The molecule has 1 saturated heterocycles. The minimum atomic E-state index is -0.995. The van der Waals surface area contributed by atoms with E-state index < -0.39 is 18.4 Å². The van der Waals surface area contributed by atoms with Crippen molar-refractivity contribution in [1.82, 2.24) is 29.6 Å². The van der Waals surface area contributed by atoms with E-state index in [0.717, 1.165) is 51.0 Å². The Morgan fingerprint density at radius 1 is 1.05 bits per heavy atom. The number of nitrogens with zero attached hydrogens (tertiary/aromatic N) is 6. The van der Waals surface area contributed by atoms with Gasteiger partial charge in [0.2, 0.25) is 5.95 Å². The van der Waals surface area contributed by atoms with Crippen LogP contribution in [0.15, 0.2) is 55.1 Å². The molecule has 3 heterocycles. The van der Waals surface area contributed by atoms with Gasteiger partial charge in [0, 0.05) is 54.7 Å². The van der Waals surface area contributed by atoms with Crippen LogP contribution in [0.4, 0.5) is 31.9 Å². The molecular formula is C27H29F2N9O2. The first-order valence-corrected chi connectivity index (χ1v) is 12.8. The van der Waals surface area contributed by atoms with Crippen molar-refractivity contribution in [3.8, 4) is 5.82 Å². The summed E-state index contributed by atoms with van der Waals surface area (Å²) in [6.07, 6.45) is 2.87. The minimum absolute atomic E-state index is 0.155. The van der Waals surface area contributed by atoms with Crippen LogP contribution >= 0.6 is 0 Å². The number of alkyl halides is 1. The Labute approximate surface area is 229 Å². The Bertz CT molecular complexity index is 1470. The largest absolute Gasteiger partial charge is 0.379 e. The fraction of sp³-hybridized carbons (Fsp3) is 0.296. The molecule has 13 heteroatoms. The van der Waals surface area contributed by atoms with Gasteiger partial charge in [0.25, 0.3) is 5.91 Å². The molecule has 5 rings (SSSR count). The van der Waals surface area contributed by atoms with Gasteiger partial charge in [0.1, 0.15) is 31.0 Å². The van der Waals surface area contributed by atoms with Crippen LogP contribution in [0.5, 0.6) is 0 Å². The third-order valence-corrected chi connectivity index (χ3v) is 6.45. The molecule has 0 radical (unpaired) electrons. The molecule has 0 atom stereocenters. The van der Waals surface area contributed by atoms with Crippen molar-refractivity contribution in [1.29, 1.82) is 0 Å². The Morgan fingerprint density at radius 3 is 2.73 bits per heavy atom. The van der Waals surface area contributed by atoms with Crippen molar-refractivity contribution >= 4 is 29.0 Å². The van der Waals surface area contributed by atoms with Crippen molar-refractivity contribution in [2.75, 3.05) is 55.3 Å². The van der Waals surface area contributed by atoms with Crippen molar-refractivity contribution < 1.29 is 18.3 Å². The number of halogens is 2. The third kappa shape index (κ3) is 6.55. The van der Waals surface area contributed by atoms with Crippen LogP contribution in [0.2, 0.25) is 0 Å². The fourth-order valence-corrected chi connectivity index (χ4v) is 4.20. The first kappa shape index (κ1) is 27.1. The average Bonchev–Trinajstić information content (AvgIpc) is 3.44. The summed E-state index contributed by atoms with van der Waals surface area (Å²) in [5.74, 6) is 0.422. The standard InChI is InChI=1S/C27H29F2N9O2/c1-18-2-4-21(35-26(39)19-3-5-22(29)20(12-19)15-28)13-23(18)36-27-33-17-34-38(27)25-14-24(31-16-32-25)30-6-7-37-8-10-40-11-9-37/h2-5,12-14,16-17H,6-11,15H2,1H3,(H,35,39)(H,30,31,32)(H,33,34,36). The van der Waals surface area contributed by atoms with Crippen LogP contribution in [0.1, 0.15) is 21.5 Å². The van der Waals surface area contributed by atoms with E-state index in [2.05, 4.69) is 40.9 Å². The predicted octanol–water partition coefficient (Wildman–Crippen LogP) is 3.71. The lowest BCUT2D eigenvalue weighted by atomic mass is 10.1. The molecule has 2 aromatic carbocycles. The van der Waals surface area contributed by atoms with E-state index in [4.69, 9.17) is 4.74 Å². The smallest absolute Gasteiger partial charge is 0.255 e. The molecule has 40 heavy (non-hydrogen) atoms. The van der Waals surface area contributed by atoms with E-state index in [0.29, 0.717) is 29.0 Å². The highest BCUT2D eigenvalue weighted by atomic mass is 19.1. The number of carbonyl (C=O) groups is 1. The Balaban J connectivity index is 1.27. The lowest BCUT2D eigenvalue weighted by Gasteiger charge is -2.26. The number of anilines is 4. The Morgan fingerprint density at radius 2 is 1.90 bits per heavy atom. The zero-order valence-electron chi connectivity index (χ0n) is 21.9. The van der Waals surface area contributed by atoms with Crippen LogP contribution < -0.4 is 16.0 Å². The SMILES string of the molecule is Cc1ccc(NC(=O)c2ccc(F)c(CF)c2)cc1Nc1ncnn1-c1cc(NCCN2CCOCC2)ncn1. The van der Waals surface area contributed by atoms with Gasteiger partial charge in [0.05, 0.1) is 13.2 Å². The van der Waals surface area contributed by atoms with Gasteiger partial charge in [-0.25, -0.2) is 18.7 Å². The van der Waals surface area contributed by atoms with Crippen molar-refractivity contribution in [3.05, 3.63) is 77.6 Å². The van der Waals surface area contributed by atoms with E-state index in [1.54, 1.807) is 22.9 Å². The van der Waals surface area contributed by atoms with Gasteiger partial charge in [-0.15, -0.1) is 0 Å². The molecule has 0 unspecified atom stereocenters. The van der Waals surface area contributed by atoms with Gasteiger partial charge in [-0.3, -0.25) is 9.69 Å². The zero-order chi connectivity index (χ0) is 27.9. The quantitative estimate of drug-likeness (QED) is 0.272. The summed E-state index contributed by atoms with van der Waals surface area (Å²) in [5, 5.41) is 13.6. The van der Waals surface area contributed by atoms with Gasteiger partial charge in [0.15, 0.2) is 5.82 Å². The maximum atomic E-state index is 13.6. The second-order valence-electron chi connectivity index (χ2n) is 9.19. The topological polar surface area (TPSA) is 122 Å². The van der Waals surface area contributed by atoms with Crippen LogP contribution in [0.25, 0.3) is 5.82 Å². The monoisotopic (exact) mass is 549 g/mol. The summed E-state index contributed by atoms with van der Waals surface area (Å²) < 4.78 is 33.6. The number of rotatable bonds is 10. The maximum Gasteiger partial charge on any atom is 0.255 e. The molecule has 0 bridgehead atoms. The number of aryl methyl sites for hydroxylation is 1. The molecule has 2 aromatic heterocycles. The van der Waals surface area contributed by atoms with Gasteiger partial charge in [-0.2, -0.15) is 14.8 Å². The lowest BCUT2D eigenvalue weighted by molar-refractivity contribution is 0.0398. The highest BCUT2D eigenvalue weighted by molar-refractivity contribution is 6.04. The molecule has 1 aliphatic heterocycles. The Hall–Kier alpha value is -4.49. The highest BCUT2D eigenvalue weighted by Crippen LogP contribution is 2.25. The summed E-state index contributed by atoms with van der Waals surface area (Å²) in [4.78, 5) is 28.0. The fourth-order valence-electron chi connectivity index (χ4n) is 4.20. The normalized spacial score (nSPS) is 13.7. The third-order valence-electron chi connectivity index (χ3n) is 6.45. The van der Waals surface area contributed by atoms with Crippen molar-refractivity contribution in [2.45, 2.75) is 13.6 Å². The molecule has 208 valence electrons. The molecule has 0 spiro atoms. The van der Waals surface area contributed by atoms with Crippen molar-refractivity contribution in [3.63, 3.8) is 0 Å². The first-order valence-electron chi connectivity index (χ1n) is 12.8.